The zero-order chi connectivity index (χ0) is 36.4. The number of anilines is 1. The van der Waals surface area contributed by atoms with Gasteiger partial charge in [-0.2, -0.15) is 0 Å². The van der Waals surface area contributed by atoms with Crippen molar-refractivity contribution < 1.29 is 22.7 Å². The summed E-state index contributed by atoms with van der Waals surface area (Å²) in [4.78, 5) is 31.5. The molecular weight excluding hydrogens is 725 g/mol. The summed E-state index contributed by atoms with van der Waals surface area (Å²) < 4.78 is 35.5. The number of hydrogen-bond donors (Lipinski definition) is 1. The van der Waals surface area contributed by atoms with Crippen LogP contribution in [0.2, 0.25) is 10.0 Å². The Labute approximate surface area is 315 Å². The molecule has 1 N–H and O–H groups in total. The molecule has 0 saturated heterocycles. The largest absolute Gasteiger partial charge is 0.494 e. The molecule has 2 amide bonds. The number of sulfonamides is 1. The Morgan fingerprint density at radius 3 is 2.20 bits per heavy atom. The van der Waals surface area contributed by atoms with Crippen molar-refractivity contribution in [3.63, 3.8) is 0 Å². The molecule has 0 aromatic heterocycles. The van der Waals surface area contributed by atoms with E-state index in [1.54, 1.807) is 54.6 Å². The van der Waals surface area contributed by atoms with Gasteiger partial charge in [-0.1, -0.05) is 78.9 Å². The number of carbonyl (C=O) groups is 2. The standard InChI is InChI=1S/C39H43Cl2N3O5S2/c1-3-49-32-17-15-31(16-18-32)44(51(47,48)34-21-19-33(50-2)20-22-34)27-38(45)43(26-29-14-23-35(40)36(41)24-29)37(25-28-10-6-4-7-11-28)39(46)42-30-12-8-5-9-13-30/h4,6-7,10-11,14-24,30,37H,3,5,8-9,12-13,25-27H2,1-2H3,(H,42,46)/t37-/m1/s1. The van der Waals surface area contributed by atoms with Gasteiger partial charge in [0.25, 0.3) is 10.0 Å². The molecule has 0 aliphatic heterocycles. The molecule has 12 heteroatoms. The summed E-state index contributed by atoms with van der Waals surface area (Å²) in [5.74, 6) is -0.279. The highest BCUT2D eigenvalue weighted by molar-refractivity contribution is 7.98. The molecule has 1 fully saturated rings. The minimum atomic E-state index is -4.25. The molecule has 5 rings (SSSR count). The summed E-state index contributed by atoms with van der Waals surface area (Å²) in [5, 5.41) is 3.88. The van der Waals surface area contributed by atoms with Crippen LogP contribution in [0.5, 0.6) is 5.75 Å². The van der Waals surface area contributed by atoms with Gasteiger partial charge >= 0.3 is 0 Å². The van der Waals surface area contributed by atoms with Crippen LogP contribution in [0.3, 0.4) is 0 Å². The Morgan fingerprint density at radius 1 is 0.882 bits per heavy atom. The van der Waals surface area contributed by atoms with Crippen LogP contribution in [-0.4, -0.2) is 56.6 Å². The summed E-state index contributed by atoms with van der Waals surface area (Å²) >= 11 is 14.2. The van der Waals surface area contributed by atoms with Gasteiger partial charge in [0.05, 0.1) is 27.2 Å². The Balaban J connectivity index is 1.57. The minimum absolute atomic E-state index is 0.00330. The Kier molecular flexibility index (Phi) is 13.7. The van der Waals surface area contributed by atoms with E-state index in [0.29, 0.717) is 28.0 Å². The van der Waals surface area contributed by atoms with E-state index in [2.05, 4.69) is 5.32 Å². The number of amides is 2. The van der Waals surface area contributed by atoms with E-state index in [-0.39, 0.29) is 35.5 Å². The van der Waals surface area contributed by atoms with Crippen LogP contribution in [0.1, 0.15) is 50.2 Å². The number of hydrogen-bond acceptors (Lipinski definition) is 6. The molecule has 1 atom stereocenters. The minimum Gasteiger partial charge on any atom is -0.494 e. The van der Waals surface area contributed by atoms with Gasteiger partial charge in [0.2, 0.25) is 11.8 Å². The lowest BCUT2D eigenvalue weighted by atomic mass is 9.94. The average Bonchev–Trinajstić information content (AvgIpc) is 3.14. The van der Waals surface area contributed by atoms with E-state index in [1.807, 2.05) is 43.5 Å². The Morgan fingerprint density at radius 2 is 1.57 bits per heavy atom. The van der Waals surface area contributed by atoms with E-state index < -0.39 is 28.5 Å². The molecule has 0 spiro atoms. The smallest absolute Gasteiger partial charge is 0.264 e. The van der Waals surface area contributed by atoms with Crippen LogP contribution in [-0.2, 0) is 32.6 Å². The van der Waals surface area contributed by atoms with E-state index in [0.717, 1.165) is 46.9 Å². The molecule has 0 unspecified atom stereocenters. The van der Waals surface area contributed by atoms with Crippen molar-refractivity contribution >= 4 is 62.5 Å². The maximum Gasteiger partial charge on any atom is 0.264 e. The maximum absolute atomic E-state index is 14.8. The molecule has 4 aromatic rings. The third kappa shape index (κ3) is 10.2. The van der Waals surface area contributed by atoms with Crippen LogP contribution in [0.4, 0.5) is 5.69 Å². The summed E-state index contributed by atoms with van der Waals surface area (Å²) in [5.41, 5.74) is 1.78. The first-order valence-electron chi connectivity index (χ1n) is 17.1. The second-order valence-electron chi connectivity index (χ2n) is 12.4. The topological polar surface area (TPSA) is 96.0 Å². The first kappa shape index (κ1) is 38.5. The highest BCUT2D eigenvalue weighted by Crippen LogP contribution is 2.29. The fourth-order valence-electron chi connectivity index (χ4n) is 6.21. The lowest BCUT2D eigenvalue weighted by Crippen LogP contribution is -2.55. The van der Waals surface area contributed by atoms with Gasteiger partial charge in [0.15, 0.2) is 0 Å². The number of benzene rings is 4. The number of thioether (sulfide) groups is 1. The number of carbonyl (C=O) groups excluding carboxylic acids is 2. The predicted molar refractivity (Wildman–Crippen MR) is 206 cm³/mol. The SMILES string of the molecule is CCOc1ccc(N(CC(=O)N(Cc2ccc(Cl)c(Cl)c2)[C@H](Cc2ccccc2)C(=O)NC2CCCCC2)S(=O)(=O)c2ccc(SC)cc2)cc1. The third-order valence-corrected chi connectivity index (χ3v) is 12.2. The van der Waals surface area contributed by atoms with E-state index in [4.69, 9.17) is 27.9 Å². The van der Waals surface area contributed by atoms with Gasteiger partial charge in [-0.25, -0.2) is 8.42 Å². The quantitative estimate of drug-likeness (QED) is 0.122. The van der Waals surface area contributed by atoms with Gasteiger partial charge in [-0.3, -0.25) is 13.9 Å². The fraction of sp³-hybridized carbons (Fsp3) is 0.333. The number of nitrogens with one attached hydrogen (secondary N) is 1. The lowest BCUT2D eigenvalue weighted by Gasteiger charge is -2.35. The van der Waals surface area contributed by atoms with Crippen LogP contribution in [0.25, 0.3) is 0 Å². The molecule has 1 aliphatic carbocycles. The average molecular weight is 769 g/mol. The molecule has 270 valence electrons. The second-order valence-corrected chi connectivity index (χ2v) is 16.0. The van der Waals surface area contributed by atoms with E-state index >= 15 is 0 Å². The summed E-state index contributed by atoms with van der Waals surface area (Å²) in [6, 6.07) is 26.7. The number of nitrogens with zero attached hydrogens (tertiary/aromatic N) is 2. The van der Waals surface area contributed by atoms with Crippen molar-refractivity contribution in [2.45, 2.75) is 73.9 Å². The van der Waals surface area contributed by atoms with Crippen LogP contribution in [0, 0.1) is 0 Å². The highest BCUT2D eigenvalue weighted by Gasteiger charge is 2.35. The van der Waals surface area contributed by atoms with Gasteiger partial charge in [-0.05, 0) is 97.8 Å². The van der Waals surface area contributed by atoms with Crippen molar-refractivity contribution in [2.24, 2.45) is 0 Å². The Bertz CT molecular complexity index is 1870. The van der Waals surface area contributed by atoms with Crippen molar-refractivity contribution in [3.05, 3.63) is 118 Å². The maximum atomic E-state index is 14.8. The highest BCUT2D eigenvalue weighted by atomic mass is 35.5. The molecule has 1 aliphatic rings. The van der Waals surface area contributed by atoms with Crippen LogP contribution >= 0.6 is 35.0 Å². The van der Waals surface area contributed by atoms with Crippen molar-refractivity contribution in [2.75, 3.05) is 23.7 Å². The van der Waals surface area contributed by atoms with Gasteiger partial charge < -0.3 is 15.0 Å². The zero-order valence-corrected chi connectivity index (χ0v) is 31.9. The van der Waals surface area contributed by atoms with Crippen molar-refractivity contribution in [1.82, 2.24) is 10.2 Å². The number of rotatable bonds is 15. The van der Waals surface area contributed by atoms with E-state index in [9.17, 15) is 18.0 Å². The van der Waals surface area contributed by atoms with Crippen molar-refractivity contribution in [1.29, 1.82) is 0 Å². The van der Waals surface area contributed by atoms with Crippen LogP contribution in [0.15, 0.2) is 107 Å². The van der Waals surface area contributed by atoms with Gasteiger partial charge in [0, 0.05) is 23.9 Å². The lowest BCUT2D eigenvalue weighted by molar-refractivity contribution is -0.140. The molecule has 0 radical (unpaired) electrons. The fourth-order valence-corrected chi connectivity index (χ4v) is 8.35. The van der Waals surface area contributed by atoms with E-state index in [1.165, 1.54) is 28.8 Å². The monoisotopic (exact) mass is 767 g/mol. The van der Waals surface area contributed by atoms with Crippen LogP contribution < -0.4 is 14.4 Å². The molecular formula is C39H43Cl2N3O5S2. The number of ether oxygens (including phenoxy) is 1. The summed E-state index contributed by atoms with van der Waals surface area (Å²) in [6.07, 6.45) is 7.02. The first-order valence-corrected chi connectivity index (χ1v) is 20.5. The molecule has 0 bridgehead atoms. The summed E-state index contributed by atoms with van der Waals surface area (Å²) in [7, 11) is -4.25. The molecule has 4 aromatic carbocycles. The summed E-state index contributed by atoms with van der Waals surface area (Å²) in [6.45, 7) is 1.73. The molecule has 8 nitrogen and oxygen atoms in total. The number of halogens is 2. The van der Waals surface area contributed by atoms with Gasteiger partial charge in [0.1, 0.15) is 18.3 Å². The first-order chi connectivity index (χ1) is 24.6. The van der Waals surface area contributed by atoms with Gasteiger partial charge in [-0.15, -0.1) is 11.8 Å². The molecule has 1 saturated carbocycles. The Hall–Kier alpha value is -3.70. The molecule has 0 heterocycles. The molecule has 51 heavy (non-hydrogen) atoms. The zero-order valence-electron chi connectivity index (χ0n) is 28.8. The second kappa shape index (κ2) is 18.2. The normalized spacial score (nSPS) is 14.0. The third-order valence-electron chi connectivity index (χ3n) is 8.92. The van der Waals surface area contributed by atoms with Crippen molar-refractivity contribution in [3.8, 4) is 5.75 Å². The predicted octanol–water partition coefficient (Wildman–Crippen LogP) is 8.40.